The summed E-state index contributed by atoms with van der Waals surface area (Å²) in [6, 6.07) is -1.20. The Morgan fingerprint density at radius 3 is 2.25 bits per heavy atom. The molecule has 0 heterocycles. The van der Waals surface area contributed by atoms with Gasteiger partial charge in [0, 0.05) is 20.1 Å². The van der Waals surface area contributed by atoms with E-state index in [4.69, 9.17) is 5.11 Å². The molecule has 2 atom stereocenters. The third-order valence-electron chi connectivity index (χ3n) is 3.50. The number of hydrogen-bond acceptors (Lipinski definition) is 3. The number of urea groups is 1. The molecule has 0 radical (unpaired) electrons. The number of likely N-dealkylation sites (N-methyl/N-ethyl adjacent to an activating group) is 1. The summed E-state index contributed by atoms with van der Waals surface area (Å²) in [5.41, 5.74) is -1.01. The lowest BCUT2D eigenvalue weighted by atomic mass is 9.88. The number of nitrogens with zero attached hydrogens (tertiary/aromatic N) is 1. The van der Waals surface area contributed by atoms with E-state index in [9.17, 15) is 14.4 Å². The van der Waals surface area contributed by atoms with Crippen molar-refractivity contribution in [3.05, 3.63) is 0 Å². The van der Waals surface area contributed by atoms with Gasteiger partial charge in [-0.05, 0) is 27.2 Å². The van der Waals surface area contributed by atoms with Crippen LogP contribution in [0.5, 0.6) is 0 Å². The van der Waals surface area contributed by atoms with E-state index >= 15 is 0 Å². The molecule has 7 nitrogen and oxygen atoms in total. The van der Waals surface area contributed by atoms with Gasteiger partial charge in [0.2, 0.25) is 5.91 Å². The third kappa shape index (κ3) is 5.07. The third-order valence-corrected chi connectivity index (χ3v) is 3.50. The lowest BCUT2D eigenvalue weighted by Gasteiger charge is -2.24. The van der Waals surface area contributed by atoms with Gasteiger partial charge in [0.1, 0.15) is 6.04 Å². The normalized spacial score (nSPS) is 14.8. The van der Waals surface area contributed by atoms with E-state index in [0.29, 0.717) is 13.0 Å². The van der Waals surface area contributed by atoms with Gasteiger partial charge in [0.15, 0.2) is 0 Å². The zero-order chi connectivity index (χ0) is 15.9. The van der Waals surface area contributed by atoms with E-state index in [-0.39, 0.29) is 12.5 Å². The molecule has 2 unspecified atom stereocenters. The van der Waals surface area contributed by atoms with Gasteiger partial charge in [0.05, 0.1) is 5.41 Å². The number of carboxylic acid groups (broad SMARTS) is 1. The van der Waals surface area contributed by atoms with Crippen LogP contribution in [0.3, 0.4) is 0 Å². The van der Waals surface area contributed by atoms with Gasteiger partial charge in [-0.25, -0.2) is 4.79 Å². The largest absolute Gasteiger partial charge is 0.481 e. The molecular weight excluding hydrogens is 262 g/mol. The van der Waals surface area contributed by atoms with Crippen molar-refractivity contribution in [1.82, 2.24) is 15.5 Å². The molecule has 0 rings (SSSR count). The van der Waals surface area contributed by atoms with Crippen molar-refractivity contribution in [3.63, 3.8) is 0 Å². The minimum absolute atomic E-state index is 0.00912. The van der Waals surface area contributed by atoms with Crippen molar-refractivity contribution in [3.8, 4) is 0 Å². The summed E-state index contributed by atoms with van der Waals surface area (Å²) in [6.07, 6.45) is 0.398. The van der Waals surface area contributed by atoms with Crippen LogP contribution in [0.25, 0.3) is 0 Å². The number of carbonyl (C=O) groups is 3. The molecule has 3 N–H and O–H groups in total. The van der Waals surface area contributed by atoms with E-state index in [1.807, 2.05) is 6.92 Å². The number of carboxylic acids is 1. The summed E-state index contributed by atoms with van der Waals surface area (Å²) < 4.78 is 0. The monoisotopic (exact) mass is 287 g/mol. The number of rotatable bonds is 7. The molecule has 20 heavy (non-hydrogen) atoms. The summed E-state index contributed by atoms with van der Waals surface area (Å²) in [7, 11) is 1.65. The molecule has 0 bridgehead atoms. The Morgan fingerprint density at radius 2 is 1.85 bits per heavy atom. The van der Waals surface area contributed by atoms with Crippen LogP contribution in [0.4, 0.5) is 4.79 Å². The number of nitrogens with one attached hydrogen (secondary N) is 2. The molecule has 0 spiro atoms. The maximum absolute atomic E-state index is 11.8. The molecule has 116 valence electrons. The van der Waals surface area contributed by atoms with Crippen LogP contribution in [-0.2, 0) is 9.59 Å². The molecule has 0 saturated carbocycles. The van der Waals surface area contributed by atoms with Crippen molar-refractivity contribution >= 4 is 17.9 Å². The number of amides is 3. The van der Waals surface area contributed by atoms with Crippen LogP contribution in [-0.4, -0.2) is 54.1 Å². The minimum atomic E-state index is -1.01. The first-order valence-corrected chi connectivity index (χ1v) is 6.70. The molecule has 0 aliphatic heterocycles. The molecule has 0 fully saturated rings. The van der Waals surface area contributed by atoms with Crippen molar-refractivity contribution < 1.29 is 19.5 Å². The standard InChI is InChI=1S/C13H25N3O4/c1-6-13(4,11(18)19)8-14-12(20)15-9(3)10(17)16(5)7-2/h9H,6-8H2,1-5H3,(H,18,19)(H2,14,15,20). The number of hydrogen-bond donors (Lipinski definition) is 3. The van der Waals surface area contributed by atoms with E-state index in [1.54, 1.807) is 27.8 Å². The van der Waals surface area contributed by atoms with Gasteiger partial charge in [-0.2, -0.15) is 0 Å². The van der Waals surface area contributed by atoms with E-state index in [0.717, 1.165) is 0 Å². The molecule has 0 aromatic heterocycles. The second-order valence-electron chi connectivity index (χ2n) is 5.12. The first-order chi connectivity index (χ1) is 9.17. The van der Waals surface area contributed by atoms with Crippen molar-refractivity contribution in [1.29, 1.82) is 0 Å². The predicted molar refractivity (Wildman–Crippen MR) is 75.3 cm³/mol. The highest BCUT2D eigenvalue weighted by Gasteiger charge is 2.31. The fourth-order valence-corrected chi connectivity index (χ4v) is 1.42. The van der Waals surface area contributed by atoms with Crippen molar-refractivity contribution in [2.45, 2.75) is 40.2 Å². The molecule has 0 aliphatic rings. The van der Waals surface area contributed by atoms with Crippen LogP contribution in [0.2, 0.25) is 0 Å². The van der Waals surface area contributed by atoms with Gasteiger partial charge in [-0.15, -0.1) is 0 Å². The van der Waals surface area contributed by atoms with Gasteiger partial charge in [-0.3, -0.25) is 9.59 Å². The molecule has 7 heteroatoms. The fourth-order valence-electron chi connectivity index (χ4n) is 1.42. The highest BCUT2D eigenvalue weighted by Crippen LogP contribution is 2.19. The first kappa shape index (κ1) is 18.2. The van der Waals surface area contributed by atoms with Crippen molar-refractivity contribution in [2.24, 2.45) is 5.41 Å². The molecule has 0 aromatic rings. The maximum atomic E-state index is 11.8. The molecular formula is C13H25N3O4. The maximum Gasteiger partial charge on any atom is 0.315 e. The summed E-state index contributed by atoms with van der Waals surface area (Å²) in [4.78, 5) is 36.0. The fraction of sp³-hybridized carbons (Fsp3) is 0.769. The lowest BCUT2D eigenvalue weighted by molar-refractivity contribution is -0.147. The quantitative estimate of drug-likeness (QED) is 0.640. The first-order valence-electron chi connectivity index (χ1n) is 6.70. The van der Waals surface area contributed by atoms with E-state index in [2.05, 4.69) is 10.6 Å². The summed E-state index contributed by atoms with van der Waals surface area (Å²) in [5.74, 6) is -1.16. The molecule has 0 saturated heterocycles. The Hall–Kier alpha value is -1.79. The Balaban J connectivity index is 4.37. The topological polar surface area (TPSA) is 98.7 Å². The minimum Gasteiger partial charge on any atom is -0.481 e. The Morgan fingerprint density at radius 1 is 1.30 bits per heavy atom. The average molecular weight is 287 g/mol. The highest BCUT2D eigenvalue weighted by atomic mass is 16.4. The van der Waals surface area contributed by atoms with Gasteiger partial charge < -0.3 is 20.6 Å². The Kier molecular flexibility index (Phi) is 7.02. The van der Waals surface area contributed by atoms with Crippen LogP contribution in [0, 0.1) is 5.41 Å². The average Bonchev–Trinajstić information content (AvgIpc) is 2.42. The van der Waals surface area contributed by atoms with Crippen molar-refractivity contribution in [2.75, 3.05) is 20.1 Å². The molecule has 0 aliphatic carbocycles. The van der Waals surface area contributed by atoms with Crippen LogP contribution in [0.15, 0.2) is 0 Å². The summed E-state index contributed by atoms with van der Waals surface area (Å²) >= 11 is 0. The zero-order valence-corrected chi connectivity index (χ0v) is 12.8. The van der Waals surface area contributed by atoms with E-state index in [1.165, 1.54) is 4.90 Å². The Bertz CT molecular complexity index is 373. The van der Waals surface area contributed by atoms with E-state index < -0.39 is 23.5 Å². The van der Waals surface area contributed by atoms with Crippen LogP contribution < -0.4 is 10.6 Å². The highest BCUT2D eigenvalue weighted by molar-refractivity contribution is 5.86. The lowest BCUT2D eigenvalue weighted by Crippen LogP contribution is -2.51. The van der Waals surface area contributed by atoms with Gasteiger partial charge in [-0.1, -0.05) is 6.92 Å². The summed E-state index contributed by atoms with van der Waals surface area (Å²) in [6.45, 7) is 7.30. The molecule has 0 aromatic carbocycles. The second kappa shape index (κ2) is 7.72. The molecule has 3 amide bonds. The van der Waals surface area contributed by atoms with Crippen LogP contribution >= 0.6 is 0 Å². The summed E-state index contributed by atoms with van der Waals surface area (Å²) in [5, 5.41) is 14.1. The second-order valence-corrected chi connectivity index (χ2v) is 5.12. The van der Waals surface area contributed by atoms with Gasteiger partial charge in [0.25, 0.3) is 0 Å². The van der Waals surface area contributed by atoms with Gasteiger partial charge >= 0.3 is 12.0 Å². The number of aliphatic carboxylic acids is 1. The SMILES string of the molecule is CCN(C)C(=O)C(C)NC(=O)NCC(C)(CC)C(=O)O. The smallest absolute Gasteiger partial charge is 0.315 e. The number of carbonyl (C=O) groups excluding carboxylic acids is 2. The Labute approximate surface area is 119 Å². The predicted octanol–water partition coefficient (Wildman–Crippen LogP) is 0.653. The van der Waals surface area contributed by atoms with Crippen LogP contribution in [0.1, 0.15) is 34.1 Å². The zero-order valence-electron chi connectivity index (χ0n) is 12.8.